The molecule has 0 heterocycles. The largest absolute Gasteiger partial charge is 2.00 e. The van der Waals surface area contributed by atoms with E-state index in [-0.39, 0.29) is 39.4 Å². The molecule has 0 aromatic carbocycles. The van der Waals surface area contributed by atoms with Gasteiger partial charge >= 0.3 is 33.5 Å². The van der Waals surface area contributed by atoms with Crippen molar-refractivity contribution >= 4 is 46.9 Å². The van der Waals surface area contributed by atoms with Crippen molar-refractivity contribution in [3.8, 4) is 0 Å². The molecule has 0 spiro atoms. The molecule has 0 saturated heterocycles. The van der Waals surface area contributed by atoms with Crippen molar-refractivity contribution in [3.05, 3.63) is 0 Å². The van der Waals surface area contributed by atoms with Gasteiger partial charge in [0.05, 0.1) is 0 Å². The van der Waals surface area contributed by atoms with Crippen LogP contribution in [-0.2, 0) is 10.4 Å². The second-order valence-corrected chi connectivity index (χ2v) is 1.34. The Kier molecular flexibility index (Phi) is 11.5. The fourth-order valence-corrected chi connectivity index (χ4v) is 0. The fraction of sp³-hybridized carbons (Fsp3) is 0. The van der Waals surface area contributed by atoms with Gasteiger partial charge in [0.1, 0.15) is 0 Å². The summed E-state index contributed by atoms with van der Waals surface area (Å²) < 4.78 is 31.6. The van der Waals surface area contributed by atoms with E-state index in [1.807, 2.05) is 0 Å². The molecule has 0 saturated carbocycles. The topological polar surface area (TPSA) is 74.6 Å². The molecule has 0 aromatic heterocycles. The van der Waals surface area contributed by atoms with Crippen molar-refractivity contribution in [2.75, 3.05) is 0 Å². The van der Waals surface area contributed by atoms with Gasteiger partial charge in [-0.15, -0.1) is 0 Å². The van der Waals surface area contributed by atoms with Crippen LogP contribution in [0.1, 0.15) is 2.85 Å². The molecular weight excluding hydrogens is 152 g/mol. The molecule has 0 bridgehead atoms. The first-order valence-corrected chi connectivity index (χ1v) is 2.10. The van der Waals surface area contributed by atoms with Gasteiger partial charge in [-0.2, -0.15) is 21.9 Å². The van der Waals surface area contributed by atoms with Gasteiger partial charge in [0.2, 0.25) is 0 Å². The Morgan fingerprint density at radius 2 is 1.29 bits per heavy atom. The van der Waals surface area contributed by atoms with Crippen LogP contribution in [0.5, 0.6) is 0 Å². The first kappa shape index (κ1) is 15.7. The molecule has 0 unspecified atom stereocenters. The minimum absolute atomic E-state index is 0. The van der Waals surface area contributed by atoms with Crippen molar-refractivity contribution in [2.45, 2.75) is 0 Å². The summed E-state index contributed by atoms with van der Waals surface area (Å²) in [5.41, 5.74) is 0. The van der Waals surface area contributed by atoms with Crippen LogP contribution < -0.4 is 0 Å². The molecular formula is H6MgO4S2. The molecule has 0 rings (SSSR count). The Morgan fingerprint density at radius 1 is 1.29 bits per heavy atom. The van der Waals surface area contributed by atoms with Crippen molar-refractivity contribution in [1.29, 1.82) is 0 Å². The van der Waals surface area contributed by atoms with Crippen molar-refractivity contribution in [3.63, 3.8) is 0 Å². The van der Waals surface area contributed by atoms with E-state index < -0.39 is 10.4 Å². The summed E-state index contributed by atoms with van der Waals surface area (Å²) in [7, 11) is -4.67. The quantitative estimate of drug-likeness (QED) is 0.361. The first-order valence-electron chi connectivity index (χ1n) is 0.698. The number of rotatable bonds is 0. The van der Waals surface area contributed by atoms with Gasteiger partial charge in [-0.05, 0) is 0 Å². The van der Waals surface area contributed by atoms with Crippen LogP contribution in [0.4, 0.5) is 0 Å². The molecule has 0 atom stereocenters. The molecule has 0 fully saturated rings. The second-order valence-electron chi connectivity index (χ2n) is 0.448. The van der Waals surface area contributed by atoms with Gasteiger partial charge in [-0.25, -0.2) is 0 Å². The van der Waals surface area contributed by atoms with E-state index in [0.717, 1.165) is 0 Å². The molecule has 0 radical (unpaired) electrons. The number of hydrogen-bond donors (Lipinski definition) is 2. The van der Waals surface area contributed by atoms with Gasteiger partial charge in [0.15, 0.2) is 0 Å². The molecule has 0 amide bonds. The molecule has 0 aliphatic rings. The van der Waals surface area contributed by atoms with E-state index in [4.69, 9.17) is 17.5 Å². The minimum atomic E-state index is -4.67. The Labute approximate surface area is 67.4 Å². The van der Waals surface area contributed by atoms with E-state index in [9.17, 15) is 0 Å². The molecule has 7 heavy (non-hydrogen) atoms. The molecule has 4 nitrogen and oxygen atoms in total. The maximum atomic E-state index is 8.74. The summed E-state index contributed by atoms with van der Waals surface area (Å²) in [6, 6.07) is 0. The molecule has 0 aliphatic heterocycles. The van der Waals surface area contributed by atoms with Crippen molar-refractivity contribution < 1.29 is 20.4 Å². The molecule has 44 valence electrons. The predicted octanol–water partition coefficient (Wildman–Crippen LogP) is -0.696. The summed E-state index contributed by atoms with van der Waals surface area (Å²) in [6.07, 6.45) is 0. The minimum Gasteiger partial charge on any atom is -1.00 e. The maximum Gasteiger partial charge on any atom is 2.00 e. The molecule has 0 aliphatic carbocycles. The van der Waals surface area contributed by atoms with Crippen LogP contribution in [0.2, 0.25) is 0 Å². The van der Waals surface area contributed by atoms with Crippen LogP contribution >= 0.6 is 13.5 Å². The van der Waals surface area contributed by atoms with Crippen LogP contribution in [0.15, 0.2) is 0 Å². The van der Waals surface area contributed by atoms with E-state index in [1.165, 1.54) is 0 Å². The molecule has 7 heteroatoms. The monoisotopic (exact) mass is 158 g/mol. The van der Waals surface area contributed by atoms with Gasteiger partial charge in [0.25, 0.3) is 0 Å². The Balaban J connectivity index is -0.0000000133. The second kappa shape index (κ2) is 5.13. The van der Waals surface area contributed by atoms with Crippen LogP contribution in [0, 0.1) is 0 Å². The van der Waals surface area contributed by atoms with Gasteiger partial charge < -0.3 is 2.85 Å². The smallest absolute Gasteiger partial charge is 1.00 e. The Bertz CT molecular complexity index is 99.7. The van der Waals surface area contributed by atoms with E-state index >= 15 is 0 Å². The predicted molar refractivity (Wildman–Crippen MR) is 32.5 cm³/mol. The van der Waals surface area contributed by atoms with Crippen LogP contribution in [-0.4, -0.2) is 40.6 Å². The summed E-state index contributed by atoms with van der Waals surface area (Å²) in [6.45, 7) is 0. The summed E-state index contributed by atoms with van der Waals surface area (Å²) in [5, 5.41) is 0. The zero-order valence-electron chi connectivity index (χ0n) is 5.33. The van der Waals surface area contributed by atoms with Gasteiger partial charge in [-0.3, -0.25) is 9.11 Å². The summed E-state index contributed by atoms with van der Waals surface area (Å²) >= 11 is 0. The average Bonchev–Trinajstić information content (AvgIpc) is 0.722. The van der Waals surface area contributed by atoms with Crippen molar-refractivity contribution in [1.82, 2.24) is 0 Å². The molecule has 0 aromatic rings. The maximum absolute atomic E-state index is 8.74. The van der Waals surface area contributed by atoms with Gasteiger partial charge in [-0.1, -0.05) is 0 Å². The molecule has 2 N–H and O–H groups in total. The number of hydrogen-bond acceptors (Lipinski definition) is 2. The Hall–Kier alpha value is 0.986. The third kappa shape index (κ3) is 179. The fourth-order valence-electron chi connectivity index (χ4n) is 0. The third-order valence-electron chi connectivity index (χ3n) is 0. The van der Waals surface area contributed by atoms with E-state index in [1.54, 1.807) is 0 Å². The zero-order chi connectivity index (χ0) is 4.50. The summed E-state index contributed by atoms with van der Waals surface area (Å²) in [5.74, 6) is 0. The zero-order valence-corrected chi connectivity index (χ0v) is 6.56. The van der Waals surface area contributed by atoms with E-state index in [2.05, 4.69) is 0 Å². The normalized spacial score (nSPS) is 8.29. The third-order valence-corrected chi connectivity index (χ3v) is 0. The SMILES string of the molecule is O=S(=O)(O)O.S.[H-].[H-].[Mg+2]. The summed E-state index contributed by atoms with van der Waals surface area (Å²) in [4.78, 5) is 0. The van der Waals surface area contributed by atoms with E-state index in [0.29, 0.717) is 0 Å². The van der Waals surface area contributed by atoms with Crippen LogP contribution in [0.3, 0.4) is 0 Å². The van der Waals surface area contributed by atoms with Gasteiger partial charge in [0, 0.05) is 0 Å². The standard InChI is InChI=1S/Mg.H2O4S.H2S.2H/c;1-5(2,3)4;;;/h;(H2,1,2,3,4);1H2;;/q+2;;;2*-1. The van der Waals surface area contributed by atoms with Crippen LogP contribution in [0.25, 0.3) is 0 Å². The van der Waals surface area contributed by atoms with Crippen molar-refractivity contribution in [2.24, 2.45) is 0 Å². The Morgan fingerprint density at radius 3 is 1.29 bits per heavy atom. The first-order chi connectivity index (χ1) is 2.00. The average molecular weight is 158 g/mol.